The first-order chi connectivity index (χ1) is 6.38. The Morgan fingerprint density at radius 1 is 1.08 bits per heavy atom. The van der Waals surface area contributed by atoms with Crippen LogP contribution in [0.5, 0.6) is 0 Å². The standard InChI is InChI=1S/C12H19Si/c1-3-5-11-13(4-2)12-9-7-6-8-10-12/h6-10H,3-5,11H2,1-2H3. The van der Waals surface area contributed by atoms with E-state index in [-0.39, 0.29) is 8.80 Å². The van der Waals surface area contributed by atoms with E-state index in [0.717, 1.165) is 0 Å². The fraction of sp³-hybridized carbons (Fsp3) is 0.500. The highest BCUT2D eigenvalue weighted by atomic mass is 28.3. The lowest BCUT2D eigenvalue weighted by atomic mass is 10.4. The zero-order valence-corrected chi connectivity index (χ0v) is 9.72. The average molecular weight is 191 g/mol. The number of hydrogen-bond acceptors (Lipinski definition) is 0. The van der Waals surface area contributed by atoms with Gasteiger partial charge in [0.2, 0.25) is 0 Å². The molecule has 0 aliphatic heterocycles. The number of benzene rings is 1. The number of rotatable bonds is 5. The highest BCUT2D eigenvalue weighted by Crippen LogP contribution is 2.05. The molecule has 0 N–H and O–H groups in total. The summed E-state index contributed by atoms with van der Waals surface area (Å²) in [6.45, 7) is 4.61. The third-order valence-corrected chi connectivity index (χ3v) is 5.40. The Morgan fingerprint density at radius 3 is 2.31 bits per heavy atom. The third-order valence-electron chi connectivity index (χ3n) is 2.44. The van der Waals surface area contributed by atoms with Gasteiger partial charge < -0.3 is 0 Å². The van der Waals surface area contributed by atoms with Crippen molar-refractivity contribution >= 4 is 14.0 Å². The molecular weight excluding hydrogens is 172 g/mol. The fourth-order valence-corrected chi connectivity index (χ4v) is 4.08. The summed E-state index contributed by atoms with van der Waals surface area (Å²) in [5.41, 5.74) is 0. The van der Waals surface area contributed by atoms with Gasteiger partial charge in [-0.2, -0.15) is 0 Å². The van der Waals surface area contributed by atoms with Crippen LogP contribution in [0.15, 0.2) is 30.3 Å². The van der Waals surface area contributed by atoms with E-state index in [4.69, 9.17) is 0 Å². The van der Waals surface area contributed by atoms with E-state index in [0.29, 0.717) is 0 Å². The van der Waals surface area contributed by atoms with Gasteiger partial charge in [0, 0.05) is 0 Å². The molecular formula is C12H19Si. The minimum atomic E-state index is -0.224. The van der Waals surface area contributed by atoms with Gasteiger partial charge in [-0.3, -0.25) is 0 Å². The molecule has 0 saturated heterocycles. The highest BCUT2D eigenvalue weighted by Gasteiger charge is 2.09. The first-order valence-corrected chi connectivity index (χ1v) is 7.20. The van der Waals surface area contributed by atoms with Crippen molar-refractivity contribution in [3.8, 4) is 0 Å². The molecule has 0 heterocycles. The number of unbranched alkanes of at least 4 members (excludes halogenated alkanes) is 1. The molecule has 1 heteroatoms. The Bertz CT molecular complexity index is 218. The Morgan fingerprint density at radius 2 is 1.77 bits per heavy atom. The van der Waals surface area contributed by atoms with Crippen molar-refractivity contribution in [3.05, 3.63) is 30.3 Å². The van der Waals surface area contributed by atoms with Crippen molar-refractivity contribution in [2.45, 2.75) is 38.8 Å². The van der Waals surface area contributed by atoms with Crippen molar-refractivity contribution in [1.82, 2.24) is 0 Å². The molecule has 1 aromatic carbocycles. The average Bonchev–Trinajstić information content (AvgIpc) is 2.21. The monoisotopic (exact) mass is 191 g/mol. The number of hydrogen-bond donors (Lipinski definition) is 0. The smallest absolute Gasteiger partial charge is 0.0677 e. The van der Waals surface area contributed by atoms with Crippen LogP contribution in [-0.2, 0) is 0 Å². The van der Waals surface area contributed by atoms with Gasteiger partial charge in [0.05, 0.1) is 8.80 Å². The van der Waals surface area contributed by atoms with Crippen LogP contribution in [0.3, 0.4) is 0 Å². The second-order valence-electron chi connectivity index (χ2n) is 3.43. The van der Waals surface area contributed by atoms with E-state index >= 15 is 0 Å². The van der Waals surface area contributed by atoms with Gasteiger partial charge in [0.25, 0.3) is 0 Å². The van der Waals surface area contributed by atoms with E-state index < -0.39 is 0 Å². The van der Waals surface area contributed by atoms with E-state index in [1.165, 1.54) is 24.9 Å². The Kier molecular flexibility index (Phi) is 4.84. The van der Waals surface area contributed by atoms with Crippen LogP contribution in [0.1, 0.15) is 26.7 Å². The maximum Gasteiger partial charge on any atom is 0.0853 e. The molecule has 0 bridgehead atoms. The summed E-state index contributed by atoms with van der Waals surface area (Å²) in [5.74, 6) is 0. The molecule has 0 aromatic heterocycles. The van der Waals surface area contributed by atoms with Crippen molar-refractivity contribution < 1.29 is 0 Å². The molecule has 0 spiro atoms. The summed E-state index contributed by atoms with van der Waals surface area (Å²) in [5, 5.41) is 1.61. The van der Waals surface area contributed by atoms with Gasteiger partial charge in [-0.05, 0) is 0 Å². The summed E-state index contributed by atoms with van der Waals surface area (Å²) in [7, 11) is -0.224. The highest BCUT2D eigenvalue weighted by molar-refractivity contribution is 6.73. The van der Waals surface area contributed by atoms with E-state index in [2.05, 4.69) is 44.2 Å². The van der Waals surface area contributed by atoms with Crippen LogP contribution < -0.4 is 5.19 Å². The molecule has 1 rings (SSSR count). The minimum Gasteiger partial charge on any atom is -0.0677 e. The lowest BCUT2D eigenvalue weighted by Crippen LogP contribution is -2.28. The maximum atomic E-state index is 2.33. The predicted octanol–water partition coefficient (Wildman–Crippen LogP) is 3.21. The zero-order chi connectivity index (χ0) is 9.52. The molecule has 0 unspecified atom stereocenters. The first kappa shape index (κ1) is 10.5. The van der Waals surface area contributed by atoms with Gasteiger partial charge in [-0.15, -0.1) is 0 Å². The Labute approximate surface area is 83.6 Å². The lowest BCUT2D eigenvalue weighted by molar-refractivity contribution is 0.874. The van der Waals surface area contributed by atoms with Crippen molar-refractivity contribution in [2.75, 3.05) is 0 Å². The molecule has 71 valence electrons. The normalized spacial score (nSPS) is 10.7. The molecule has 0 aliphatic carbocycles. The van der Waals surface area contributed by atoms with Crippen LogP contribution in [-0.4, -0.2) is 8.80 Å². The molecule has 0 aliphatic rings. The third kappa shape index (κ3) is 3.35. The van der Waals surface area contributed by atoms with Crippen LogP contribution in [0.2, 0.25) is 12.1 Å². The second kappa shape index (κ2) is 5.98. The van der Waals surface area contributed by atoms with E-state index in [1.54, 1.807) is 5.19 Å². The summed E-state index contributed by atoms with van der Waals surface area (Å²) < 4.78 is 0. The van der Waals surface area contributed by atoms with Crippen LogP contribution >= 0.6 is 0 Å². The Balaban J connectivity index is 2.56. The largest absolute Gasteiger partial charge is 0.0853 e. The molecule has 0 nitrogen and oxygen atoms in total. The first-order valence-electron chi connectivity index (χ1n) is 5.28. The molecule has 1 radical (unpaired) electrons. The second-order valence-corrected chi connectivity index (χ2v) is 6.42. The molecule has 0 saturated carbocycles. The maximum absolute atomic E-state index is 2.33. The zero-order valence-electron chi connectivity index (χ0n) is 8.72. The van der Waals surface area contributed by atoms with Crippen molar-refractivity contribution in [1.29, 1.82) is 0 Å². The molecule has 13 heavy (non-hydrogen) atoms. The van der Waals surface area contributed by atoms with Crippen LogP contribution in [0, 0.1) is 0 Å². The topological polar surface area (TPSA) is 0 Å². The van der Waals surface area contributed by atoms with E-state index in [9.17, 15) is 0 Å². The molecule has 0 fully saturated rings. The van der Waals surface area contributed by atoms with Crippen molar-refractivity contribution in [2.24, 2.45) is 0 Å². The van der Waals surface area contributed by atoms with Gasteiger partial charge >= 0.3 is 0 Å². The quantitative estimate of drug-likeness (QED) is 0.627. The fourth-order valence-electron chi connectivity index (χ4n) is 1.59. The molecule has 1 aromatic rings. The van der Waals surface area contributed by atoms with Gasteiger partial charge in [-0.1, -0.05) is 74.3 Å². The lowest BCUT2D eigenvalue weighted by Gasteiger charge is -2.11. The molecule has 0 atom stereocenters. The summed E-state index contributed by atoms with van der Waals surface area (Å²) in [6.07, 6.45) is 2.73. The minimum absolute atomic E-state index is 0.224. The van der Waals surface area contributed by atoms with Gasteiger partial charge in [0.1, 0.15) is 0 Å². The van der Waals surface area contributed by atoms with Crippen molar-refractivity contribution in [3.63, 3.8) is 0 Å². The predicted molar refractivity (Wildman–Crippen MR) is 62.0 cm³/mol. The van der Waals surface area contributed by atoms with Gasteiger partial charge in [0.15, 0.2) is 0 Å². The summed E-state index contributed by atoms with van der Waals surface area (Å²) >= 11 is 0. The summed E-state index contributed by atoms with van der Waals surface area (Å²) in [6, 6.07) is 13.9. The van der Waals surface area contributed by atoms with E-state index in [1.807, 2.05) is 0 Å². The van der Waals surface area contributed by atoms with Crippen LogP contribution in [0.25, 0.3) is 0 Å². The van der Waals surface area contributed by atoms with Crippen LogP contribution in [0.4, 0.5) is 0 Å². The Hall–Kier alpha value is -0.563. The molecule has 0 amide bonds. The van der Waals surface area contributed by atoms with Gasteiger partial charge in [-0.25, -0.2) is 0 Å². The summed E-state index contributed by atoms with van der Waals surface area (Å²) in [4.78, 5) is 0. The SMILES string of the molecule is CCCC[Si](CC)c1ccccc1.